The Morgan fingerprint density at radius 2 is 1.96 bits per heavy atom. The number of hydrogen-bond acceptors (Lipinski definition) is 3. The third kappa shape index (κ3) is 3.43. The second-order valence-corrected chi connectivity index (χ2v) is 6.98. The molecule has 130 valence electrons. The number of benzene rings is 2. The van der Waals surface area contributed by atoms with Gasteiger partial charge < -0.3 is 14.7 Å². The minimum absolute atomic E-state index is 0.0436. The highest BCUT2D eigenvalue weighted by Gasteiger charge is 2.44. The second-order valence-electron chi connectivity index (χ2n) is 5.82. The van der Waals surface area contributed by atoms with Crippen molar-refractivity contribution in [3.63, 3.8) is 0 Å². The van der Waals surface area contributed by atoms with E-state index in [9.17, 15) is 14.7 Å². The molecule has 1 unspecified atom stereocenters. The van der Waals surface area contributed by atoms with Crippen molar-refractivity contribution in [1.29, 1.82) is 0 Å². The predicted octanol–water partition coefficient (Wildman–Crippen LogP) is 3.96. The Bertz CT molecular complexity index is 836. The van der Waals surface area contributed by atoms with Crippen LogP contribution in [0.2, 0.25) is 5.02 Å². The predicted molar refractivity (Wildman–Crippen MR) is 95.8 cm³/mol. The number of amides is 1. The topological polar surface area (TPSA) is 66.8 Å². The third-order valence-corrected chi connectivity index (χ3v) is 4.40. The first kappa shape index (κ1) is 17.6. The number of hydrogen-bond donors (Lipinski definition) is 1. The van der Waals surface area contributed by atoms with E-state index in [0.29, 0.717) is 18.7 Å². The van der Waals surface area contributed by atoms with Gasteiger partial charge in [-0.2, -0.15) is 0 Å². The Balaban J connectivity index is 2.03. The molecule has 0 fully saturated rings. The molecule has 2 aromatic rings. The maximum absolute atomic E-state index is 12.7. The van der Waals surface area contributed by atoms with E-state index in [-0.39, 0.29) is 16.3 Å². The van der Waals surface area contributed by atoms with Crippen LogP contribution in [0.4, 0.5) is 5.69 Å². The second kappa shape index (κ2) is 6.58. The summed E-state index contributed by atoms with van der Waals surface area (Å²) >= 11 is 12.2. The van der Waals surface area contributed by atoms with Gasteiger partial charge in [-0.25, -0.2) is 4.79 Å². The van der Waals surface area contributed by atoms with E-state index in [2.05, 4.69) is 0 Å². The molecule has 1 atom stereocenters. The molecule has 0 spiro atoms. The summed E-state index contributed by atoms with van der Waals surface area (Å²) in [6.07, 6.45) is 0.577. The fraction of sp³-hybridized carbons (Fsp3) is 0.222. The van der Waals surface area contributed by atoms with Crippen LogP contribution < -0.4 is 9.64 Å². The van der Waals surface area contributed by atoms with Crippen LogP contribution in [0.5, 0.6) is 5.75 Å². The van der Waals surface area contributed by atoms with E-state index < -0.39 is 16.9 Å². The average molecular weight is 380 g/mol. The van der Waals surface area contributed by atoms with Gasteiger partial charge in [-0.15, -0.1) is 0 Å². The number of fused-ring (bicyclic) bond motifs is 1. The number of ether oxygens (including phenoxy) is 1. The molecule has 1 aliphatic heterocycles. The third-order valence-electron chi connectivity index (χ3n) is 3.94. The van der Waals surface area contributed by atoms with Crippen LogP contribution in [0.15, 0.2) is 42.5 Å². The first-order valence-electron chi connectivity index (χ1n) is 7.60. The molecular formula is C18H15Cl2NO4. The van der Waals surface area contributed by atoms with Gasteiger partial charge in [0.25, 0.3) is 11.0 Å². The number of halogens is 2. The van der Waals surface area contributed by atoms with Crippen LogP contribution in [0, 0.1) is 0 Å². The largest absolute Gasteiger partial charge is 0.478 e. The highest BCUT2D eigenvalue weighted by molar-refractivity contribution is 6.37. The Kier molecular flexibility index (Phi) is 4.62. The molecule has 1 amide bonds. The minimum atomic E-state index is -1.68. The minimum Gasteiger partial charge on any atom is -0.478 e. The van der Waals surface area contributed by atoms with E-state index in [1.54, 1.807) is 0 Å². The van der Waals surface area contributed by atoms with Gasteiger partial charge in [-0.3, -0.25) is 4.79 Å². The van der Waals surface area contributed by atoms with Crippen molar-refractivity contribution < 1.29 is 19.4 Å². The first-order chi connectivity index (χ1) is 11.8. The molecule has 0 bridgehead atoms. The molecule has 1 aliphatic rings. The van der Waals surface area contributed by atoms with Crippen molar-refractivity contribution in [2.24, 2.45) is 0 Å². The maximum Gasteiger partial charge on any atom is 0.339 e. The fourth-order valence-electron chi connectivity index (χ4n) is 2.74. The van der Waals surface area contributed by atoms with Crippen molar-refractivity contribution in [2.75, 3.05) is 11.4 Å². The highest BCUT2D eigenvalue weighted by Crippen LogP contribution is 2.43. The standard InChI is InChI=1S/C18H15Cl2NO4/c1-18(20)17(24)21(8-7-11-5-3-2-4-6-11)14-10-12(19)9-13(16(22)23)15(14)25-18/h2-6,9-10H,7-8H2,1H3,(H,22,23). The summed E-state index contributed by atoms with van der Waals surface area (Å²) in [6.45, 7) is 1.72. The number of alkyl halides is 1. The average Bonchev–Trinajstić information content (AvgIpc) is 2.56. The number of aromatic carboxylic acids is 1. The molecule has 0 aromatic heterocycles. The van der Waals surface area contributed by atoms with Gasteiger partial charge in [-0.05, 0) is 31.0 Å². The smallest absolute Gasteiger partial charge is 0.339 e. The van der Waals surface area contributed by atoms with Gasteiger partial charge in [0.15, 0.2) is 5.75 Å². The number of anilines is 1. The lowest BCUT2D eigenvalue weighted by atomic mass is 10.1. The molecule has 7 heteroatoms. The number of carbonyl (C=O) groups excluding carboxylic acids is 1. The summed E-state index contributed by atoms with van der Waals surface area (Å²) in [4.78, 5) is 25.6. The maximum atomic E-state index is 12.7. The van der Waals surface area contributed by atoms with Crippen molar-refractivity contribution in [1.82, 2.24) is 0 Å². The van der Waals surface area contributed by atoms with Crippen molar-refractivity contribution in [2.45, 2.75) is 18.4 Å². The van der Waals surface area contributed by atoms with Crippen LogP contribution in [0.25, 0.3) is 0 Å². The summed E-state index contributed by atoms with van der Waals surface area (Å²) in [5.74, 6) is -1.62. The van der Waals surface area contributed by atoms with Gasteiger partial charge in [0.05, 0.1) is 5.69 Å². The van der Waals surface area contributed by atoms with Gasteiger partial charge in [0, 0.05) is 11.6 Å². The number of rotatable bonds is 4. The monoisotopic (exact) mass is 379 g/mol. The summed E-state index contributed by atoms with van der Waals surface area (Å²) < 4.78 is 5.50. The SMILES string of the molecule is CC1(Cl)Oc2c(C(=O)O)cc(Cl)cc2N(CCc2ccccc2)C1=O. The Morgan fingerprint density at radius 3 is 2.60 bits per heavy atom. The molecule has 2 aromatic carbocycles. The van der Waals surface area contributed by atoms with Crippen LogP contribution in [0.3, 0.4) is 0 Å². The van der Waals surface area contributed by atoms with E-state index >= 15 is 0 Å². The van der Waals surface area contributed by atoms with Gasteiger partial charge >= 0.3 is 5.97 Å². The Morgan fingerprint density at radius 1 is 1.28 bits per heavy atom. The number of carboxylic acid groups (broad SMARTS) is 1. The zero-order valence-corrected chi connectivity index (χ0v) is 14.8. The van der Waals surface area contributed by atoms with Crippen LogP contribution in [-0.4, -0.2) is 28.6 Å². The molecule has 0 saturated carbocycles. The summed E-state index contributed by atoms with van der Waals surface area (Å²) in [7, 11) is 0. The van der Waals surface area contributed by atoms with Crippen LogP contribution in [-0.2, 0) is 11.2 Å². The molecule has 5 nitrogen and oxygen atoms in total. The lowest BCUT2D eigenvalue weighted by Crippen LogP contribution is -2.51. The normalized spacial score (nSPS) is 19.3. The van der Waals surface area contributed by atoms with Crippen LogP contribution in [0.1, 0.15) is 22.8 Å². The molecule has 1 heterocycles. The zero-order chi connectivity index (χ0) is 18.2. The van der Waals surface area contributed by atoms with E-state index in [1.165, 1.54) is 24.0 Å². The highest BCUT2D eigenvalue weighted by atomic mass is 35.5. The zero-order valence-electron chi connectivity index (χ0n) is 13.3. The van der Waals surface area contributed by atoms with Gasteiger partial charge in [-0.1, -0.05) is 53.5 Å². The van der Waals surface area contributed by atoms with E-state index in [4.69, 9.17) is 27.9 Å². The first-order valence-corrected chi connectivity index (χ1v) is 8.36. The lowest BCUT2D eigenvalue weighted by molar-refractivity contribution is -0.128. The number of carbonyl (C=O) groups is 2. The molecule has 3 rings (SSSR count). The van der Waals surface area contributed by atoms with Crippen molar-refractivity contribution in [3.8, 4) is 5.75 Å². The summed E-state index contributed by atoms with van der Waals surface area (Å²) in [6, 6.07) is 12.4. The lowest BCUT2D eigenvalue weighted by Gasteiger charge is -2.38. The van der Waals surface area contributed by atoms with Crippen molar-refractivity contribution in [3.05, 3.63) is 58.6 Å². The van der Waals surface area contributed by atoms with Crippen molar-refractivity contribution >= 4 is 40.8 Å². The molecule has 0 saturated heterocycles. The van der Waals surface area contributed by atoms with E-state index in [1.807, 2.05) is 30.3 Å². The molecule has 0 aliphatic carbocycles. The van der Waals surface area contributed by atoms with Crippen LogP contribution >= 0.6 is 23.2 Å². The van der Waals surface area contributed by atoms with Gasteiger partial charge in [0.2, 0.25) is 0 Å². The quantitative estimate of drug-likeness (QED) is 0.816. The molecular weight excluding hydrogens is 365 g/mol. The number of carboxylic acids is 1. The Hall–Kier alpha value is -2.24. The molecule has 0 radical (unpaired) electrons. The Labute approximate surface area is 154 Å². The van der Waals surface area contributed by atoms with Gasteiger partial charge in [0.1, 0.15) is 5.56 Å². The summed E-state index contributed by atoms with van der Waals surface area (Å²) in [5.41, 5.74) is 1.22. The number of nitrogens with zero attached hydrogens (tertiary/aromatic N) is 1. The fourth-order valence-corrected chi connectivity index (χ4v) is 3.13. The van der Waals surface area contributed by atoms with E-state index in [0.717, 1.165) is 5.56 Å². The molecule has 25 heavy (non-hydrogen) atoms. The summed E-state index contributed by atoms with van der Waals surface area (Å²) in [5, 5.41) is 7.94. The molecule has 1 N–H and O–H groups in total.